The number of nitrogens with one attached hydrogen (secondary N) is 1. The van der Waals surface area contributed by atoms with Crippen molar-refractivity contribution in [3.8, 4) is 0 Å². The van der Waals surface area contributed by atoms with Crippen molar-refractivity contribution in [3.63, 3.8) is 0 Å². The monoisotopic (exact) mass is 448 g/mol. The number of nitrogens with two attached hydrogens (primary N) is 1. The van der Waals surface area contributed by atoms with E-state index < -0.39 is 0 Å². The van der Waals surface area contributed by atoms with E-state index in [9.17, 15) is 14.0 Å². The number of amides is 2. The standard InChI is InChI=1S/C20H29FN4O2.2ClH/c21-16-4-6-18(7-5-16)24-10-12-25(13-11-24)19(26)8-9-23-20(27)15-2-1-3-17(22)14-15;;/h4-7,15,17H,1-3,8-14,22H2,(H,23,27);2*1H. The lowest BCUT2D eigenvalue weighted by atomic mass is 9.85. The van der Waals surface area contributed by atoms with Gasteiger partial charge in [0.05, 0.1) is 0 Å². The van der Waals surface area contributed by atoms with E-state index in [4.69, 9.17) is 5.73 Å². The molecule has 1 saturated heterocycles. The third-order valence-corrected chi connectivity index (χ3v) is 5.55. The number of halogens is 3. The molecule has 0 spiro atoms. The van der Waals surface area contributed by atoms with Gasteiger partial charge in [0.25, 0.3) is 0 Å². The Morgan fingerprint density at radius 2 is 1.72 bits per heavy atom. The van der Waals surface area contributed by atoms with Crippen molar-refractivity contribution in [2.75, 3.05) is 37.6 Å². The normalized spacial score (nSPS) is 21.6. The number of nitrogens with zero attached hydrogens (tertiary/aromatic N) is 2. The van der Waals surface area contributed by atoms with Crippen LogP contribution in [-0.2, 0) is 9.59 Å². The summed E-state index contributed by atoms with van der Waals surface area (Å²) < 4.78 is 13.0. The zero-order chi connectivity index (χ0) is 19.2. The fourth-order valence-electron chi connectivity index (χ4n) is 3.93. The van der Waals surface area contributed by atoms with Gasteiger partial charge in [-0.05, 0) is 43.5 Å². The van der Waals surface area contributed by atoms with Gasteiger partial charge in [0.1, 0.15) is 5.82 Å². The van der Waals surface area contributed by atoms with E-state index in [1.165, 1.54) is 12.1 Å². The van der Waals surface area contributed by atoms with Crippen molar-refractivity contribution in [2.24, 2.45) is 11.7 Å². The van der Waals surface area contributed by atoms with Crippen molar-refractivity contribution >= 4 is 42.3 Å². The average Bonchev–Trinajstić information content (AvgIpc) is 2.68. The second kappa shape index (κ2) is 12.2. The van der Waals surface area contributed by atoms with E-state index in [0.717, 1.165) is 44.5 Å². The molecule has 1 heterocycles. The van der Waals surface area contributed by atoms with Gasteiger partial charge in [0.15, 0.2) is 0 Å². The second-order valence-corrected chi connectivity index (χ2v) is 7.51. The summed E-state index contributed by atoms with van der Waals surface area (Å²) in [6.07, 6.45) is 3.94. The third kappa shape index (κ3) is 7.32. The summed E-state index contributed by atoms with van der Waals surface area (Å²) in [6.45, 7) is 3.11. The van der Waals surface area contributed by atoms with Crippen LogP contribution < -0.4 is 16.0 Å². The molecule has 2 fully saturated rings. The molecule has 1 aliphatic carbocycles. The summed E-state index contributed by atoms with van der Waals surface area (Å²) in [7, 11) is 0. The topological polar surface area (TPSA) is 78.7 Å². The molecule has 2 aliphatic rings. The van der Waals surface area contributed by atoms with Crippen molar-refractivity contribution in [2.45, 2.75) is 38.1 Å². The number of piperazine rings is 1. The van der Waals surface area contributed by atoms with Gasteiger partial charge in [-0.2, -0.15) is 0 Å². The molecule has 3 rings (SSSR count). The second-order valence-electron chi connectivity index (χ2n) is 7.51. The first-order valence-corrected chi connectivity index (χ1v) is 9.84. The molecule has 2 amide bonds. The minimum Gasteiger partial charge on any atom is -0.368 e. The van der Waals surface area contributed by atoms with Crippen LogP contribution in [0.5, 0.6) is 0 Å². The predicted octanol–water partition coefficient (Wildman–Crippen LogP) is 2.34. The Bertz CT molecular complexity index is 654. The molecule has 0 radical (unpaired) electrons. The zero-order valence-electron chi connectivity index (χ0n) is 16.5. The maximum atomic E-state index is 13.0. The van der Waals surface area contributed by atoms with Crippen molar-refractivity contribution in [1.82, 2.24) is 10.2 Å². The summed E-state index contributed by atoms with van der Waals surface area (Å²) >= 11 is 0. The molecule has 3 N–H and O–H groups in total. The Balaban J connectivity index is 0.00000210. The Kier molecular flexibility index (Phi) is 10.7. The molecule has 9 heteroatoms. The van der Waals surface area contributed by atoms with Crippen LogP contribution in [-0.4, -0.2) is 55.5 Å². The van der Waals surface area contributed by atoms with E-state index in [0.29, 0.717) is 26.1 Å². The Hall–Kier alpha value is -1.57. The lowest BCUT2D eigenvalue weighted by Crippen LogP contribution is -2.49. The Morgan fingerprint density at radius 1 is 1.07 bits per heavy atom. The van der Waals surface area contributed by atoms with Crippen LogP contribution in [0.25, 0.3) is 0 Å². The van der Waals surface area contributed by atoms with Gasteiger partial charge >= 0.3 is 0 Å². The summed E-state index contributed by atoms with van der Waals surface area (Å²) in [4.78, 5) is 28.6. The van der Waals surface area contributed by atoms with Crippen LogP contribution in [0.3, 0.4) is 0 Å². The first-order valence-electron chi connectivity index (χ1n) is 9.84. The van der Waals surface area contributed by atoms with Gasteiger partial charge in [0.2, 0.25) is 11.8 Å². The average molecular weight is 449 g/mol. The number of rotatable bonds is 5. The fraction of sp³-hybridized carbons (Fsp3) is 0.600. The lowest BCUT2D eigenvalue weighted by Gasteiger charge is -2.36. The summed E-state index contributed by atoms with van der Waals surface area (Å²) in [6, 6.07) is 6.55. The highest BCUT2D eigenvalue weighted by molar-refractivity contribution is 5.85. The third-order valence-electron chi connectivity index (χ3n) is 5.55. The van der Waals surface area contributed by atoms with Crippen molar-refractivity contribution < 1.29 is 14.0 Å². The van der Waals surface area contributed by atoms with E-state index in [1.807, 2.05) is 4.90 Å². The quantitative estimate of drug-likeness (QED) is 0.724. The molecular weight excluding hydrogens is 418 g/mol. The van der Waals surface area contributed by atoms with Crippen molar-refractivity contribution in [1.29, 1.82) is 0 Å². The van der Waals surface area contributed by atoms with Crippen molar-refractivity contribution in [3.05, 3.63) is 30.1 Å². The molecule has 2 atom stereocenters. The molecule has 0 bridgehead atoms. The smallest absolute Gasteiger partial charge is 0.224 e. The van der Waals surface area contributed by atoms with Gasteiger partial charge in [-0.3, -0.25) is 9.59 Å². The van der Waals surface area contributed by atoms with Crippen LogP contribution in [0.2, 0.25) is 0 Å². The number of carbonyl (C=O) groups is 2. The van der Waals surface area contributed by atoms with Crippen LogP contribution in [0.4, 0.5) is 10.1 Å². The van der Waals surface area contributed by atoms with Gasteiger partial charge in [-0.1, -0.05) is 6.42 Å². The van der Waals surface area contributed by atoms with Crippen LogP contribution in [0, 0.1) is 11.7 Å². The molecule has 6 nitrogen and oxygen atoms in total. The molecule has 1 aromatic carbocycles. The molecule has 164 valence electrons. The molecule has 1 aliphatic heterocycles. The van der Waals surface area contributed by atoms with E-state index in [2.05, 4.69) is 10.2 Å². The highest BCUT2D eigenvalue weighted by Gasteiger charge is 2.26. The number of hydrogen-bond donors (Lipinski definition) is 2. The van der Waals surface area contributed by atoms with E-state index in [-0.39, 0.29) is 54.4 Å². The van der Waals surface area contributed by atoms with E-state index >= 15 is 0 Å². The first-order chi connectivity index (χ1) is 13.0. The Morgan fingerprint density at radius 3 is 2.34 bits per heavy atom. The van der Waals surface area contributed by atoms with Crippen LogP contribution >= 0.6 is 24.8 Å². The zero-order valence-corrected chi connectivity index (χ0v) is 18.2. The van der Waals surface area contributed by atoms with Crippen LogP contribution in [0.15, 0.2) is 24.3 Å². The largest absolute Gasteiger partial charge is 0.368 e. The molecular formula is C20H31Cl2FN4O2. The fourth-order valence-corrected chi connectivity index (χ4v) is 3.93. The van der Waals surface area contributed by atoms with Gasteiger partial charge in [-0.25, -0.2) is 4.39 Å². The molecule has 2 unspecified atom stereocenters. The predicted molar refractivity (Wildman–Crippen MR) is 117 cm³/mol. The molecule has 1 saturated carbocycles. The molecule has 1 aromatic rings. The summed E-state index contributed by atoms with van der Waals surface area (Å²) in [5.74, 6) is -0.165. The minimum absolute atomic E-state index is 0. The minimum atomic E-state index is -0.246. The first kappa shape index (κ1) is 25.5. The number of hydrogen-bond acceptors (Lipinski definition) is 4. The SMILES string of the molecule is Cl.Cl.NC1CCCC(C(=O)NCCC(=O)N2CCN(c3ccc(F)cc3)CC2)C1. The number of anilines is 1. The number of carbonyl (C=O) groups excluding carboxylic acids is 2. The van der Waals surface area contributed by atoms with Crippen LogP contribution in [0.1, 0.15) is 32.1 Å². The Labute approximate surface area is 184 Å². The summed E-state index contributed by atoms with van der Waals surface area (Å²) in [5.41, 5.74) is 6.91. The maximum Gasteiger partial charge on any atom is 0.224 e. The van der Waals surface area contributed by atoms with Gasteiger partial charge in [0, 0.05) is 56.8 Å². The summed E-state index contributed by atoms with van der Waals surface area (Å²) in [5, 5.41) is 2.89. The van der Waals surface area contributed by atoms with Gasteiger partial charge in [-0.15, -0.1) is 24.8 Å². The number of benzene rings is 1. The molecule has 29 heavy (non-hydrogen) atoms. The lowest BCUT2D eigenvalue weighted by molar-refractivity contribution is -0.131. The van der Waals surface area contributed by atoms with E-state index in [1.54, 1.807) is 12.1 Å². The maximum absolute atomic E-state index is 13.0. The highest BCUT2D eigenvalue weighted by Crippen LogP contribution is 2.23. The van der Waals surface area contributed by atoms with Gasteiger partial charge < -0.3 is 20.9 Å². The highest BCUT2D eigenvalue weighted by atomic mass is 35.5. The molecule has 0 aromatic heterocycles.